The Labute approximate surface area is 135 Å². The molecule has 0 atom stereocenters. The molecule has 2 rings (SSSR count). The minimum Gasteiger partial charge on any atom is -0.342 e. The number of aromatic nitrogens is 2. The Bertz CT molecular complexity index is 766. The van der Waals surface area contributed by atoms with Gasteiger partial charge in [-0.15, -0.1) is 0 Å². The predicted octanol–water partition coefficient (Wildman–Crippen LogP) is 4.77. The molecule has 110 valence electrons. The predicted molar refractivity (Wildman–Crippen MR) is 87.9 cm³/mol. The zero-order valence-corrected chi connectivity index (χ0v) is 14.2. The van der Waals surface area contributed by atoms with Gasteiger partial charge in [-0.25, -0.2) is 4.98 Å². The van der Waals surface area contributed by atoms with E-state index in [4.69, 9.17) is 12.2 Å². The Morgan fingerprint density at radius 2 is 2.05 bits per heavy atom. The van der Waals surface area contributed by atoms with Crippen LogP contribution in [0.2, 0.25) is 0 Å². The summed E-state index contributed by atoms with van der Waals surface area (Å²) in [5, 5.41) is 10.9. The van der Waals surface area contributed by atoms with Gasteiger partial charge in [0.25, 0.3) is 5.69 Å². The highest BCUT2D eigenvalue weighted by Crippen LogP contribution is 2.31. The zero-order chi connectivity index (χ0) is 15.8. The van der Waals surface area contributed by atoms with E-state index in [9.17, 15) is 10.1 Å². The molecular weight excluding hydrogens is 354 g/mol. The maximum atomic E-state index is 10.9. The van der Waals surface area contributed by atoms with E-state index in [0.29, 0.717) is 16.0 Å². The van der Waals surface area contributed by atoms with Crippen LogP contribution in [0.1, 0.15) is 26.5 Å². The smallest absolute Gasteiger partial charge is 0.270 e. The summed E-state index contributed by atoms with van der Waals surface area (Å²) in [6.07, 6.45) is 0. The summed E-state index contributed by atoms with van der Waals surface area (Å²) in [6.45, 7) is 6.15. The standard InChI is InChI=1S/C14H14BrN3O2S/c1-14(2,3)11-10(15)13(21)17-12(16-11)8-5-4-6-9(7-8)18(19)20/h4-7H,1-3H3,(H,16,17,21). The van der Waals surface area contributed by atoms with E-state index in [2.05, 4.69) is 46.7 Å². The lowest BCUT2D eigenvalue weighted by molar-refractivity contribution is -0.384. The van der Waals surface area contributed by atoms with Crippen LogP contribution in [0.25, 0.3) is 11.4 Å². The van der Waals surface area contributed by atoms with E-state index in [1.165, 1.54) is 12.1 Å². The molecular formula is C14H14BrN3O2S. The van der Waals surface area contributed by atoms with Crippen LogP contribution < -0.4 is 0 Å². The van der Waals surface area contributed by atoms with Crippen molar-refractivity contribution in [3.05, 3.63) is 49.2 Å². The van der Waals surface area contributed by atoms with Gasteiger partial charge in [0.2, 0.25) is 0 Å². The summed E-state index contributed by atoms with van der Waals surface area (Å²) in [7, 11) is 0. The molecule has 0 bridgehead atoms. The van der Waals surface area contributed by atoms with Gasteiger partial charge in [0.05, 0.1) is 9.40 Å². The van der Waals surface area contributed by atoms with Crippen LogP contribution in [0, 0.1) is 14.8 Å². The quantitative estimate of drug-likeness (QED) is 0.471. The third-order valence-electron chi connectivity index (χ3n) is 2.94. The van der Waals surface area contributed by atoms with Crippen molar-refractivity contribution in [1.82, 2.24) is 9.97 Å². The number of rotatable bonds is 2. The summed E-state index contributed by atoms with van der Waals surface area (Å²) in [5.41, 5.74) is 1.40. The number of nitrogens with zero attached hydrogens (tertiary/aromatic N) is 2. The minimum atomic E-state index is -0.429. The van der Waals surface area contributed by atoms with Crippen LogP contribution in [0.3, 0.4) is 0 Å². The van der Waals surface area contributed by atoms with Gasteiger partial charge >= 0.3 is 0 Å². The average Bonchev–Trinajstić information content (AvgIpc) is 2.40. The fourth-order valence-electron chi connectivity index (χ4n) is 1.88. The van der Waals surface area contributed by atoms with Crippen LogP contribution in [-0.2, 0) is 5.41 Å². The van der Waals surface area contributed by atoms with Gasteiger partial charge in [-0.05, 0) is 15.9 Å². The second kappa shape index (κ2) is 5.65. The summed E-state index contributed by atoms with van der Waals surface area (Å²) < 4.78 is 1.18. The topological polar surface area (TPSA) is 71.8 Å². The van der Waals surface area contributed by atoms with Gasteiger partial charge in [0.15, 0.2) is 0 Å². The Morgan fingerprint density at radius 3 is 2.62 bits per heavy atom. The van der Waals surface area contributed by atoms with Gasteiger partial charge in [0.1, 0.15) is 10.5 Å². The van der Waals surface area contributed by atoms with E-state index in [1.807, 2.05) is 0 Å². The molecule has 5 nitrogen and oxygen atoms in total. The monoisotopic (exact) mass is 367 g/mol. The van der Waals surface area contributed by atoms with Crippen LogP contribution in [0.4, 0.5) is 5.69 Å². The Hall–Kier alpha value is -1.60. The number of nitro groups is 1. The second-order valence-electron chi connectivity index (χ2n) is 5.64. The first-order valence-electron chi connectivity index (χ1n) is 6.25. The molecule has 0 aliphatic rings. The van der Waals surface area contributed by atoms with E-state index < -0.39 is 4.92 Å². The molecule has 0 saturated carbocycles. The van der Waals surface area contributed by atoms with Gasteiger partial charge in [-0.3, -0.25) is 10.1 Å². The summed E-state index contributed by atoms with van der Waals surface area (Å²) in [5.74, 6) is 0.525. The molecule has 21 heavy (non-hydrogen) atoms. The van der Waals surface area contributed by atoms with Crippen molar-refractivity contribution in [2.24, 2.45) is 0 Å². The van der Waals surface area contributed by atoms with Crippen molar-refractivity contribution in [3.63, 3.8) is 0 Å². The minimum absolute atomic E-state index is 0.0221. The molecule has 1 N–H and O–H groups in total. The summed E-state index contributed by atoms with van der Waals surface area (Å²) >= 11 is 8.72. The molecule has 2 aromatic rings. The molecule has 7 heteroatoms. The van der Waals surface area contributed by atoms with E-state index in [0.717, 1.165) is 10.2 Å². The van der Waals surface area contributed by atoms with Crippen molar-refractivity contribution in [1.29, 1.82) is 0 Å². The first-order chi connectivity index (χ1) is 9.70. The normalized spacial score (nSPS) is 11.4. The maximum absolute atomic E-state index is 10.9. The number of hydrogen-bond acceptors (Lipinski definition) is 4. The largest absolute Gasteiger partial charge is 0.342 e. The summed E-state index contributed by atoms with van der Waals surface area (Å²) in [4.78, 5) is 18.0. The molecule has 1 heterocycles. The Balaban J connectivity index is 2.66. The number of benzene rings is 1. The van der Waals surface area contributed by atoms with E-state index >= 15 is 0 Å². The molecule has 0 radical (unpaired) electrons. The van der Waals surface area contributed by atoms with Crippen molar-refractivity contribution in [3.8, 4) is 11.4 Å². The number of nitrogens with one attached hydrogen (secondary N) is 1. The van der Waals surface area contributed by atoms with Crippen LogP contribution in [0.15, 0.2) is 28.7 Å². The highest BCUT2D eigenvalue weighted by atomic mass is 79.9. The maximum Gasteiger partial charge on any atom is 0.270 e. The van der Waals surface area contributed by atoms with Crippen LogP contribution >= 0.6 is 28.1 Å². The van der Waals surface area contributed by atoms with Gasteiger partial charge in [0, 0.05) is 28.8 Å². The fourth-order valence-corrected chi connectivity index (χ4v) is 2.85. The van der Waals surface area contributed by atoms with Gasteiger partial charge < -0.3 is 4.98 Å². The van der Waals surface area contributed by atoms with Crippen molar-refractivity contribution >= 4 is 33.8 Å². The number of halogens is 1. The number of aromatic amines is 1. The molecule has 0 amide bonds. The third-order valence-corrected chi connectivity index (χ3v) is 4.27. The first kappa shape index (κ1) is 15.8. The Kier molecular flexibility index (Phi) is 4.25. The van der Waals surface area contributed by atoms with Crippen molar-refractivity contribution in [2.45, 2.75) is 26.2 Å². The molecule has 0 aliphatic carbocycles. The number of H-pyrrole nitrogens is 1. The molecule has 1 aromatic heterocycles. The lowest BCUT2D eigenvalue weighted by atomic mass is 9.92. The lowest BCUT2D eigenvalue weighted by Crippen LogP contribution is -2.16. The van der Waals surface area contributed by atoms with Crippen molar-refractivity contribution < 1.29 is 4.92 Å². The number of nitro benzene ring substituents is 1. The van der Waals surface area contributed by atoms with Crippen molar-refractivity contribution in [2.75, 3.05) is 0 Å². The van der Waals surface area contributed by atoms with Crippen LogP contribution in [-0.4, -0.2) is 14.9 Å². The molecule has 0 spiro atoms. The number of non-ortho nitro benzene ring substituents is 1. The lowest BCUT2D eigenvalue weighted by Gasteiger charge is -2.21. The molecule has 0 aliphatic heterocycles. The molecule has 1 aromatic carbocycles. The summed E-state index contributed by atoms with van der Waals surface area (Å²) in [6, 6.07) is 6.32. The Morgan fingerprint density at radius 1 is 1.38 bits per heavy atom. The van der Waals surface area contributed by atoms with E-state index in [-0.39, 0.29) is 11.1 Å². The second-order valence-corrected chi connectivity index (χ2v) is 6.82. The highest BCUT2D eigenvalue weighted by molar-refractivity contribution is 9.10. The molecule has 0 unspecified atom stereocenters. The molecule has 0 fully saturated rings. The van der Waals surface area contributed by atoms with Crippen LogP contribution in [0.5, 0.6) is 0 Å². The number of hydrogen-bond donors (Lipinski definition) is 1. The van der Waals surface area contributed by atoms with Gasteiger partial charge in [-0.1, -0.05) is 45.1 Å². The highest BCUT2D eigenvalue weighted by Gasteiger charge is 2.21. The van der Waals surface area contributed by atoms with E-state index in [1.54, 1.807) is 12.1 Å². The first-order valence-corrected chi connectivity index (χ1v) is 7.45. The zero-order valence-electron chi connectivity index (χ0n) is 11.8. The third kappa shape index (κ3) is 3.36. The molecule has 0 saturated heterocycles. The van der Waals surface area contributed by atoms with Gasteiger partial charge in [-0.2, -0.15) is 0 Å². The SMILES string of the molecule is CC(C)(C)c1[nH]c(-c2cccc([N+](=O)[O-])c2)nc(=S)c1Br. The average molecular weight is 368 g/mol. The fraction of sp³-hybridized carbons (Fsp3) is 0.286.